The third-order valence-electron chi connectivity index (χ3n) is 4.77. The van der Waals surface area contributed by atoms with Crippen molar-refractivity contribution in [3.63, 3.8) is 0 Å². The monoisotopic (exact) mass is 493 g/mol. The standard InChI is InChI=1S/C18H17Br2N5O2/c19-11-1-2-13-14(10-21-15(13)7-11)16(17(26)27)24-3-5-25(6-4-24)18-22-8-12(20)9-23-18/h1-2,7-10,16,21H,3-6H2,(H,26,27)/t16-/m0/s1. The second kappa shape index (κ2) is 7.57. The van der Waals surface area contributed by atoms with Gasteiger partial charge in [-0.1, -0.05) is 22.0 Å². The minimum atomic E-state index is -0.841. The Labute approximate surface area is 172 Å². The summed E-state index contributed by atoms with van der Waals surface area (Å²) in [4.78, 5) is 28.0. The van der Waals surface area contributed by atoms with E-state index in [1.165, 1.54) is 0 Å². The second-order valence-corrected chi connectivity index (χ2v) is 8.23. The Bertz CT molecular complexity index is 968. The fourth-order valence-electron chi connectivity index (χ4n) is 3.48. The van der Waals surface area contributed by atoms with Crippen molar-refractivity contribution in [2.24, 2.45) is 0 Å². The molecule has 3 aromatic rings. The Morgan fingerprint density at radius 2 is 1.81 bits per heavy atom. The van der Waals surface area contributed by atoms with Crippen LogP contribution in [0.1, 0.15) is 11.6 Å². The van der Waals surface area contributed by atoms with E-state index in [0.29, 0.717) is 32.1 Å². The number of aromatic amines is 1. The van der Waals surface area contributed by atoms with E-state index < -0.39 is 12.0 Å². The Kier molecular flexibility index (Phi) is 5.16. The van der Waals surface area contributed by atoms with E-state index in [0.717, 1.165) is 25.4 Å². The fraction of sp³-hybridized carbons (Fsp3) is 0.278. The number of nitrogens with zero attached hydrogens (tertiary/aromatic N) is 4. The summed E-state index contributed by atoms with van der Waals surface area (Å²) in [5.41, 5.74) is 1.71. The number of carboxylic acids is 1. The molecule has 2 aromatic heterocycles. The van der Waals surface area contributed by atoms with Crippen LogP contribution in [-0.4, -0.2) is 57.1 Å². The number of carboxylic acid groups (broad SMARTS) is 1. The number of anilines is 1. The molecule has 140 valence electrons. The predicted octanol–water partition coefficient (Wildman–Crippen LogP) is 3.43. The van der Waals surface area contributed by atoms with Gasteiger partial charge in [0, 0.05) is 65.7 Å². The number of carbonyl (C=O) groups is 1. The minimum absolute atomic E-state index is 0.625. The molecule has 0 radical (unpaired) electrons. The lowest BCUT2D eigenvalue weighted by atomic mass is 10.0. The molecule has 0 spiro atoms. The van der Waals surface area contributed by atoms with Gasteiger partial charge in [-0.15, -0.1) is 0 Å². The highest BCUT2D eigenvalue weighted by molar-refractivity contribution is 9.10. The summed E-state index contributed by atoms with van der Waals surface area (Å²) < 4.78 is 1.79. The van der Waals surface area contributed by atoms with Crippen molar-refractivity contribution >= 4 is 54.7 Å². The summed E-state index contributed by atoms with van der Waals surface area (Å²) >= 11 is 6.79. The smallest absolute Gasteiger partial charge is 0.325 e. The quantitative estimate of drug-likeness (QED) is 0.578. The Hall–Kier alpha value is -1.97. The van der Waals surface area contributed by atoms with Crippen molar-refractivity contribution in [2.45, 2.75) is 6.04 Å². The number of nitrogens with one attached hydrogen (secondary N) is 1. The highest BCUT2D eigenvalue weighted by atomic mass is 79.9. The topological polar surface area (TPSA) is 85.4 Å². The number of hydrogen-bond acceptors (Lipinski definition) is 5. The van der Waals surface area contributed by atoms with Gasteiger partial charge >= 0.3 is 5.97 Å². The molecule has 0 amide bonds. The van der Waals surface area contributed by atoms with Crippen LogP contribution in [0, 0.1) is 0 Å². The predicted molar refractivity (Wildman–Crippen MR) is 110 cm³/mol. The normalized spacial score (nSPS) is 16.6. The van der Waals surface area contributed by atoms with Gasteiger partial charge in [0.1, 0.15) is 6.04 Å². The summed E-state index contributed by atoms with van der Waals surface area (Å²) in [5, 5.41) is 10.9. The number of rotatable bonds is 4. The maximum absolute atomic E-state index is 12.1. The van der Waals surface area contributed by atoms with Gasteiger partial charge < -0.3 is 15.0 Å². The van der Waals surface area contributed by atoms with Crippen LogP contribution in [0.2, 0.25) is 0 Å². The molecule has 2 N–H and O–H groups in total. The fourth-order valence-corrected chi connectivity index (χ4v) is 4.05. The van der Waals surface area contributed by atoms with E-state index in [4.69, 9.17) is 0 Å². The van der Waals surface area contributed by atoms with Crippen molar-refractivity contribution in [1.29, 1.82) is 0 Å². The van der Waals surface area contributed by atoms with Crippen LogP contribution in [0.15, 0.2) is 45.7 Å². The molecule has 0 unspecified atom stereocenters. The van der Waals surface area contributed by atoms with Crippen molar-refractivity contribution in [3.8, 4) is 0 Å². The Balaban J connectivity index is 1.55. The van der Waals surface area contributed by atoms with E-state index in [-0.39, 0.29) is 0 Å². The van der Waals surface area contributed by atoms with Crippen LogP contribution >= 0.6 is 31.9 Å². The maximum Gasteiger partial charge on any atom is 0.325 e. The molecular formula is C18H17Br2N5O2. The molecule has 1 aliphatic rings. The number of aromatic nitrogens is 3. The lowest BCUT2D eigenvalue weighted by molar-refractivity contribution is -0.143. The molecule has 0 aliphatic carbocycles. The largest absolute Gasteiger partial charge is 0.480 e. The van der Waals surface area contributed by atoms with Crippen LogP contribution in [0.3, 0.4) is 0 Å². The number of fused-ring (bicyclic) bond motifs is 1. The maximum atomic E-state index is 12.1. The summed E-state index contributed by atoms with van der Waals surface area (Å²) in [6.45, 7) is 2.61. The van der Waals surface area contributed by atoms with Crippen LogP contribution < -0.4 is 4.90 Å². The number of H-pyrrole nitrogens is 1. The van der Waals surface area contributed by atoms with Crippen LogP contribution in [0.4, 0.5) is 5.95 Å². The first-order valence-corrected chi connectivity index (χ1v) is 10.1. The molecule has 9 heteroatoms. The van der Waals surface area contributed by atoms with E-state index in [2.05, 4.69) is 51.7 Å². The molecule has 3 heterocycles. The zero-order chi connectivity index (χ0) is 19.0. The first-order chi connectivity index (χ1) is 13.0. The number of piperazine rings is 1. The molecule has 1 atom stereocenters. The SMILES string of the molecule is O=C(O)[C@H](c1c[nH]c2cc(Br)ccc12)N1CCN(c2ncc(Br)cn2)CC1. The Morgan fingerprint density at radius 1 is 1.11 bits per heavy atom. The van der Waals surface area contributed by atoms with E-state index in [9.17, 15) is 9.90 Å². The zero-order valence-corrected chi connectivity index (χ0v) is 17.4. The van der Waals surface area contributed by atoms with Gasteiger partial charge in [0.15, 0.2) is 0 Å². The van der Waals surface area contributed by atoms with Gasteiger partial charge in [-0.05, 0) is 28.1 Å². The van der Waals surface area contributed by atoms with Gasteiger partial charge in [0.05, 0.1) is 4.47 Å². The summed E-state index contributed by atoms with van der Waals surface area (Å²) in [5.74, 6) is -0.172. The van der Waals surface area contributed by atoms with E-state index >= 15 is 0 Å². The molecule has 7 nitrogen and oxygen atoms in total. The van der Waals surface area contributed by atoms with Gasteiger partial charge in [-0.3, -0.25) is 9.69 Å². The van der Waals surface area contributed by atoms with Crippen molar-refractivity contribution in [2.75, 3.05) is 31.1 Å². The molecular weight excluding hydrogens is 478 g/mol. The third-order valence-corrected chi connectivity index (χ3v) is 5.68. The third kappa shape index (κ3) is 3.71. The first kappa shape index (κ1) is 18.4. The lowest BCUT2D eigenvalue weighted by Crippen LogP contribution is -2.49. The van der Waals surface area contributed by atoms with Gasteiger partial charge in [-0.2, -0.15) is 0 Å². The van der Waals surface area contributed by atoms with Crippen LogP contribution in [0.25, 0.3) is 10.9 Å². The van der Waals surface area contributed by atoms with Gasteiger partial charge in [0.25, 0.3) is 0 Å². The molecule has 1 aliphatic heterocycles. The average molecular weight is 495 g/mol. The van der Waals surface area contributed by atoms with Crippen molar-refractivity contribution in [3.05, 3.63) is 51.3 Å². The molecule has 27 heavy (non-hydrogen) atoms. The number of benzene rings is 1. The molecule has 0 saturated carbocycles. The number of aliphatic carboxylic acids is 1. The molecule has 1 aromatic carbocycles. The second-order valence-electron chi connectivity index (χ2n) is 6.40. The Morgan fingerprint density at radius 3 is 2.48 bits per heavy atom. The highest BCUT2D eigenvalue weighted by Crippen LogP contribution is 2.31. The number of halogens is 2. The number of hydrogen-bond donors (Lipinski definition) is 2. The molecule has 0 bridgehead atoms. The van der Waals surface area contributed by atoms with Crippen molar-refractivity contribution in [1.82, 2.24) is 19.9 Å². The van der Waals surface area contributed by atoms with E-state index in [1.807, 2.05) is 23.1 Å². The van der Waals surface area contributed by atoms with Crippen LogP contribution in [0.5, 0.6) is 0 Å². The van der Waals surface area contributed by atoms with Gasteiger partial charge in [-0.25, -0.2) is 9.97 Å². The first-order valence-electron chi connectivity index (χ1n) is 8.49. The zero-order valence-electron chi connectivity index (χ0n) is 14.3. The average Bonchev–Trinajstić information content (AvgIpc) is 3.05. The minimum Gasteiger partial charge on any atom is -0.480 e. The summed E-state index contributed by atoms with van der Waals surface area (Å²) in [6.07, 6.45) is 5.25. The van der Waals surface area contributed by atoms with Crippen LogP contribution in [-0.2, 0) is 4.79 Å². The highest BCUT2D eigenvalue weighted by Gasteiger charge is 2.32. The molecule has 4 rings (SSSR count). The van der Waals surface area contributed by atoms with Gasteiger partial charge in [0.2, 0.25) is 5.95 Å². The molecule has 1 fully saturated rings. The van der Waals surface area contributed by atoms with Crippen molar-refractivity contribution < 1.29 is 9.90 Å². The molecule has 1 saturated heterocycles. The summed E-state index contributed by atoms with van der Waals surface area (Å²) in [7, 11) is 0. The summed E-state index contributed by atoms with van der Waals surface area (Å²) in [6, 6.07) is 5.16. The lowest BCUT2D eigenvalue weighted by Gasteiger charge is -2.37. The van der Waals surface area contributed by atoms with E-state index in [1.54, 1.807) is 18.6 Å².